The number of hydrogen-bond acceptors (Lipinski definition) is 5. The lowest BCUT2D eigenvalue weighted by Crippen LogP contribution is -2.46. The zero-order chi connectivity index (χ0) is 18.3. The Kier molecular flexibility index (Phi) is 4.38. The molecular weight excluding hydrogens is 328 g/mol. The molecule has 0 spiro atoms. The van der Waals surface area contributed by atoms with E-state index in [9.17, 15) is 4.79 Å². The van der Waals surface area contributed by atoms with Crippen LogP contribution in [0, 0.1) is 6.92 Å². The van der Waals surface area contributed by atoms with Gasteiger partial charge in [-0.1, -0.05) is 0 Å². The van der Waals surface area contributed by atoms with Crippen molar-refractivity contribution >= 4 is 11.7 Å². The molecule has 2 aromatic rings. The molecule has 0 unspecified atom stereocenters. The van der Waals surface area contributed by atoms with E-state index in [0.717, 1.165) is 43.1 Å². The highest BCUT2D eigenvalue weighted by Crippen LogP contribution is 2.38. The van der Waals surface area contributed by atoms with Gasteiger partial charge in [-0.2, -0.15) is 10.2 Å². The van der Waals surface area contributed by atoms with Gasteiger partial charge in [0.2, 0.25) is 0 Å². The molecule has 1 amide bonds. The molecule has 0 atom stereocenters. The summed E-state index contributed by atoms with van der Waals surface area (Å²) in [6.45, 7) is 3.74. The maximum Gasteiger partial charge on any atom is 0.274 e. The molecule has 1 saturated heterocycles. The van der Waals surface area contributed by atoms with Crippen LogP contribution < -0.4 is 4.90 Å². The molecular formula is C19H26N6O. The van der Waals surface area contributed by atoms with Gasteiger partial charge in [-0.05, 0) is 50.8 Å². The average Bonchev–Trinajstić information content (AvgIpc) is 3.46. The van der Waals surface area contributed by atoms with Gasteiger partial charge in [0, 0.05) is 44.8 Å². The maximum atomic E-state index is 12.7. The highest BCUT2D eigenvalue weighted by Gasteiger charge is 2.29. The van der Waals surface area contributed by atoms with E-state index in [2.05, 4.69) is 32.3 Å². The standard InChI is InChI=1S/C19H26N6O/c1-13-12-17(22-24(13)3)19(26)23(2)15-8-10-25(11-9-15)18-7-6-16(20-21-18)14-4-5-14/h6-7,12,14-15H,4-5,8-11H2,1-3H3. The summed E-state index contributed by atoms with van der Waals surface area (Å²) in [6, 6.07) is 6.29. The number of aromatic nitrogens is 4. The van der Waals surface area contributed by atoms with Gasteiger partial charge in [0.05, 0.1) is 5.69 Å². The van der Waals surface area contributed by atoms with E-state index in [4.69, 9.17) is 0 Å². The lowest BCUT2D eigenvalue weighted by atomic mass is 10.0. The number of anilines is 1. The quantitative estimate of drug-likeness (QED) is 0.841. The molecule has 0 aromatic carbocycles. The molecule has 3 heterocycles. The number of aryl methyl sites for hydroxylation is 2. The van der Waals surface area contributed by atoms with E-state index >= 15 is 0 Å². The Bertz CT molecular complexity index is 767. The minimum absolute atomic E-state index is 0.000674. The smallest absolute Gasteiger partial charge is 0.274 e. The predicted molar refractivity (Wildman–Crippen MR) is 99.3 cm³/mol. The molecule has 138 valence electrons. The Labute approximate surface area is 154 Å². The van der Waals surface area contributed by atoms with E-state index in [1.165, 1.54) is 12.8 Å². The Morgan fingerprint density at radius 2 is 1.88 bits per heavy atom. The summed E-state index contributed by atoms with van der Waals surface area (Å²) < 4.78 is 1.74. The molecule has 4 rings (SSSR count). The molecule has 7 heteroatoms. The summed E-state index contributed by atoms with van der Waals surface area (Å²) in [5, 5.41) is 13.1. The van der Waals surface area contributed by atoms with Crippen LogP contribution in [0.5, 0.6) is 0 Å². The Balaban J connectivity index is 1.35. The van der Waals surface area contributed by atoms with Crippen LogP contribution in [0.2, 0.25) is 0 Å². The van der Waals surface area contributed by atoms with E-state index in [1.54, 1.807) is 4.68 Å². The number of hydrogen-bond donors (Lipinski definition) is 0. The maximum absolute atomic E-state index is 12.7. The normalized spacial score (nSPS) is 18.2. The van der Waals surface area contributed by atoms with Gasteiger partial charge >= 0.3 is 0 Å². The van der Waals surface area contributed by atoms with Gasteiger partial charge in [-0.15, -0.1) is 5.10 Å². The monoisotopic (exact) mass is 354 g/mol. The van der Waals surface area contributed by atoms with Crippen molar-refractivity contribution in [2.24, 2.45) is 7.05 Å². The summed E-state index contributed by atoms with van der Waals surface area (Å²) in [4.78, 5) is 16.8. The van der Waals surface area contributed by atoms with E-state index in [1.807, 2.05) is 32.0 Å². The van der Waals surface area contributed by atoms with Crippen LogP contribution in [0.25, 0.3) is 0 Å². The third kappa shape index (κ3) is 3.30. The van der Waals surface area contributed by atoms with Crippen LogP contribution in [0.3, 0.4) is 0 Å². The summed E-state index contributed by atoms with van der Waals surface area (Å²) in [5.41, 5.74) is 2.64. The fourth-order valence-corrected chi connectivity index (χ4v) is 3.59. The third-order valence-electron chi connectivity index (χ3n) is 5.66. The van der Waals surface area contributed by atoms with Crippen molar-refractivity contribution in [3.63, 3.8) is 0 Å². The number of amides is 1. The van der Waals surface area contributed by atoms with Crippen LogP contribution in [0.15, 0.2) is 18.2 Å². The molecule has 0 N–H and O–H groups in total. The summed E-state index contributed by atoms with van der Waals surface area (Å²) in [5.74, 6) is 1.58. The van der Waals surface area contributed by atoms with E-state index in [-0.39, 0.29) is 11.9 Å². The molecule has 0 bridgehead atoms. The van der Waals surface area contributed by atoms with Crippen molar-refractivity contribution in [1.29, 1.82) is 0 Å². The van der Waals surface area contributed by atoms with Gasteiger partial charge in [-0.3, -0.25) is 9.48 Å². The molecule has 1 aliphatic heterocycles. The van der Waals surface area contributed by atoms with E-state index < -0.39 is 0 Å². The van der Waals surface area contributed by atoms with Crippen molar-refractivity contribution in [2.45, 2.75) is 44.6 Å². The Hall–Kier alpha value is -2.44. The van der Waals surface area contributed by atoms with Crippen LogP contribution in [0.1, 0.15) is 53.5 Å². The van der Waals surface area contributed by atoms with Crippen LogP contribution in [0.4, 0.5) is 5.82 Å². The first kappa shape index (κ1) is 17.0. The average molecular weight is 354 g/mol. The van der Waals surface area contributed by atoms with Crippen LogP contribution >= 0.6 is 0 Å². The van der Waals surface area contributed by atoms with Crippen molar-refractivity contribution in [3.05, 3.63) is 35.3 Å². The van der Waals surface area contributed by atoms with Crippen molar-refractivity contribution in [2.75, 3.05) is 25.0 Å². The number of carbonyl (C=O) groups is 1. The summed E-state index contributed by atoms with van der Waals surface area (Å²) >= 11 is 0. The SMILES string of the molecule is Cc1cc(C(=O)N(C)C2CCN(c3ccc(C4CC4)nn3)CC2)nn1C. The largest absolute Gasteiger partial charge is 0.355 e. The van der Waals surface area contributed by atoms with Gasteiger partial charge in [0.15, 0.2) is 11.5 Å². The lowest BCUT2D eigenvalue weighted by Gasteiger charge is -2.36. The summed E-state index contributed by atoms with van der Waals surface area (Å²) in [6.07, 6.45) is 4.35. The Morgan fingerprint density at radius 1 is 1.15 bits per heavy atom. The highest BCUT2D eigenvalue weighted by atomic mass is 16.2. The molecule has 7 nitrogen and oxygen atoms in total. The van der Waals surface area contributed by atoms with E-state index in [0.29, 0.717) is 11.6 Å². The second-order valence-corrected chi connectivity index (χ2v) is 7.52. The molecule has 0 radical (unpaired) electrons. The minimum atomic E-state index is 0.000674. The Morgan fingerprint density at radius 3 is 2.42 bits per heavy atom. The number of piperidine rings is 1. The van der Waals surface area contributed by atoms with Crippen LogP contribution in [-0.2, 0) is 7.05 Å². The first-order chi connectivity index (χ1) is 12.5. The second kappa shape index (κ2) is 6.70. The second-order valence-electron chi connectivity index (χ2n) is 7.52. The minimum Gasteiger partial charge on any atom is -0.355 e. The number of rotatable bonds is 4. The lowest BCUT2D eigenvalue weighted by molar-refractivity contribution is 0.0702. The molecule has 1 saturated carbocycles. The molecule has 2 fully saturated rings. The number of nitrogens with zero attached hydrogens (tertiary/aromatic N) is 6. The molecule has 2 aliphatic rings. The first-order valence-electron chi connectivity index (χ1n) is 9.39. The fourth-order valence-electron chi connectivity index (χ4n) is 3.59. The predicted octanol–water partition coefficient (Wildman–Crippen LogP) is 2.14. The zero-order valence-electron chi connectivity index (χ0n) is 15.7. The highest BCUT2D eigenvalue weighted by molar-refractivity contribution is 5.92. The summed E-state index contributed by atoms with van der Waals surface area (Å²) in [7, 11) is 3.75. The fraction of sp³-hybridized carbons (Fsp3) is 0.579. The zero-order valence-corrected chi connectivity index (χ0v) is 15.7. The number of carbonyl (C=O) groups excluding carboxylic acids is 1. The van der Waals surface area contributed by atoms with Crippen molar-refractivity contribution in [3.8, 4) is 0 Å². The van der Waals surface area contributed by atoms with Gasteiger partial charge < -0.3 is 9.80 Å². The van der Waals surface area contributed by atoms with Gasteiger partial charge in [0.1, 0.15) is 0 Å². The first-order valence-corrected chi connectivity index (χ1v) is 9.39. The third-order valence-corrected chi connectivity index (χ3v) is 5.66. The van der Waals surface area contributed by atoms with Gasteiger partial charge in [-0.25, -0.2) is 0 Å². The topological polar surface area (TPSA) is 67.2 Å². The molecule has 26 heavy (non-hydrogen) atoms. The van der Waals surface area contributed by atoms with Crippen molar-refractivity contribution < 1.29 is 4.79 Å². The molecule has 2 aromatic heterocycles. The van der Waals surface area contributed by atoms with Crippen molar-refractivity contribution in [1.82, 2.24) is 24.9 Å². The molecule has 1 aliphatic carbocycles. The van der Waals surface area contributed by atoms with Crippen LogP contribution in [-0.4, -0.2) is 57.0 Å². The van der Waals surface area contributed by atoms with Gasteiger partial charge in [0.25, 0.3) is 5.91 Å².